The van der Waals surface area contributed by atoms with Crippen LogP contribution in [0, 0.1) is 0 Å². The fraction of sp³-hybridized carbons (Fsp3) is 0.238. The number of aryl methyl sites for hydroxylation is 1. The topological polar surface area (TPSA) is 65.4 Å². The average Bonchev–Trinajstić information content (AvgIpc) is 3.32. The number of nitrogens with zero attached hydrogens (tertiary/aromatic N) is 2. The Morgan fingerprint density at radius 2 is 1.85 bits per heavy atom. The minimum atomic E-state index is -0.200. The smallest absolute Gasteiger partial charge is 0.255 e. The van der Waals surface area contributed by atoms with Gasteiger partial charge in [-0.3, -0.25) is 4.79 Å². The molecule has 1 aromatic heterocycles. The van der Waals surface area contributed by atoms with Gasteiger partial charge in [0, 0.05) is 24.2 Å². The summed E-state index contributed by atoms with van der Waals surface area (Å²) in [4.78, 5) is 17.0. The van der Waals surface area contributed by atoms with Crippen LogP contribution in [-0.4, -0.2) is 29.7 Å². The number of carbonyl (C=O) groups excluding carboxylic acids is 1. The molecular weight excluding hydrogens is 342 g/mol. The van der Waals surface area contributed by atoms with Crippen molar-refractivity contribution >= 4 is 11.6 Å². The maximum atomic E-state index is 12.5. The molecule has 2 heterocycles. The maximum Gasteiger partial charge on any atom is 0.255 e. The van der Waals surface area contributed by atoms with Gasteiger partial charge in [-0.25, -0.2) is 4.98 Å². The highest BCUT2D eigenvalue weighted by atomic mass is 16.5. The molecular formula is C21H21N3O3. The van der Waals surface area contributed by atoms with Gasteiger partial charge in [0.2, 0.25) is 0 Å². The van der Waals surface area contributed by atoms with Gasteiger partial charge in [-0.15, -0.1) is 0 Å². The number of carbonyl (C=O) groups is 1. The Kier molecular flexibility index (Phi) is 4.54. The number of amides is 1. The highest BCUT2D eigenvalue weighted by molar-refractivity contribution is 6.04. The zero-order chi connectivity index (χ0) is 18.8. The predicted molar refractivity (Wildman–Crippen MR) is 103 cm³/mol. The van der Waals surface area contributed by atoms with Gasteiger partial charge >= 0.3 is 0 Å². The van der Waals surface area contributed by atoms with E-state index in [-0.39, 0.29) is 5.91 Å². The minimum Gasteiger partial charge on any atom is -0.493 e. The first kappa shape index (κ1) is 17.1. The number of ether oxygens (including phenoxy) is 2. The first-order valence-corrected chi connectivity index (χ1v) is 8.88. The van der Waals surface area contributed by atoms with E-state index in [0.29, 0.717) is 17.1 Å². The first-order chi connectivity index (χ1) is 13.2. The third-order valence-electron chi connectivity index (χ3n) is 4.80. The summed E-state index contributed by atoms with van der Waals surface area (Å²) < 4.78 is 12.7. The van der Waals surface area contributed by atoms with E-state index in [4.69, 9.17) is 9.47 Å². The molecule has 1 N–H and O–H groups in total. The molecule has 0 fully saturated rings. The molecule has 4 rings (SSSR count). The molecule has 6 heteroatoms. The van der Waals surface area contributed by atoms with E-state index in [0.717, 1.165) is 42.2 Å². The van der Waals surface area contributed by atoms with Crippen molar-refractivity contribution in [2.75, 3.05) is 19.5 Å². The van der Waals surface area contributed by atoms with E-state index in [1.807, 2.05) is 30.5 Å². The summed E-state index contributed by atoms with van der Waals surface area (Å²) in [6.07, 6.45) is 4.11. The van der Waals surface area contributed by atoms with E-state index in [1.165, 1.54) is 0 Å². The Bertz CT molecular complexity index is 977. The lowest BCUT2D eigenvalue weighted by atomic mass is 10.1. The molecule has 0 atom stereocenters. The second-order valence-corrected chi connectivity index (χ2v) is 6.42. The van der Waals surface area contributed by atoms with Gasteiger partial charge in [-0.05, 0) is 42.3 Å². The van der Waals surface area contributed by atoms with Crippen molar-refractivity contribution < 1.29 is 14.3 Å². The minimum absolute atomic E-state index is 0.200. The van der Waals surface area contributed by atoms with Crippen molar-refractivity contribution in [1.29, 1.82) is 0 Å². The first-order valence-electron chi connectivity index (χ1n) is 8.88. The van der Waals surface area contributed by atoms with Crippen LogP contribution in [0.3, 0.4) is 0 Å². The number of anilines is 1. The van der Waals surface area contributed by atoms with Gasteiger partial charge in [-0.2, -0.15) is 0 Å². The monoisotopic (exact) mass is 363 g/mol. The lowest BCUT2D eigenvalue weighted by molar-refractivity contribution is 0.102. The van der Waals surface area contributed by atoms with Crippen molar-refractivity contribution in [3.63, 3.8) is 0 Å². The summed E-state index contributed by atoms with van der Waals surface area (Å²) in [6.45, 7) is 1.02. The second kappa shape index (κ2) is 7.15. The van der Waals surface area contributed by atoms with Crippen LogP contribution in [0.25, 0.3) is 11.3 Å². The van der Waals surface area contributed by atoms with Crippen LogP contribution >= 0.6 is 0 Å². The van der Waals surface area contributed by atoms with Crippen molar-refractivity contribution in [2.24, 2.45) is 0 Å². The Morgan fingerprint density at radius 3 is 2.59 bits per heavy atom. The summed E-state index contributed by atoms with van der Waals surface area (Å²) in [7, 11) is 3.11. The molecule has 1 aliphatic rings. The summed E-state index contributed by atoms with van der Waals surface area (Å²) in [5, 5.41) is 2.91. The SMILES string of the molecule is COc1ccc(C(=O)Nc2ccc(-c3cnc4n3CCC4)cc2)cc1OC. The molecule has 0 aliphatic carbocycles. The third kappa shape index (κ3) is 3.26. The van der Waals surface area contributed by atoms with Crippen LogP contribution in [0.4, 0.5) is 5.69 Å². The van der Waals surface area contributed by atoms with E-state index >= 15 is 0 Å². The molecule has 0 unspecified atom stereocenters. The van der Waals surface area contributed by atoms with Crippen LogP contribution in [0.15, 0.2) is 48.7 Å². The van der Waals surface area contributed by atoms with Crippen molar-refractivity contribution in [2.45, 2.75) is 19.4 Å². The molecule has 27 heavy (non-hydrogen) atoms. The van der Waals surface area contributed by atoms with Crippen molar-refractivity contribution in [3.8, 4) is 22.8 Å². The summed E-state index contributed by atoms with van der Waals surface area (Å²) >= 11 is 0. The number of nitrogens with one attached hydrogen (secondary N) is 1. The highest BCUT2D eigenvalue weighted by Crippen LogP contribution is 2.29. The molecule has 0 bridgehead atoms. The Labute approximate surface area is 157 Å². The van der Waals surface area contributed by atoms with Gasteiger partial charge in [-0.1, -0.05) is 12.1 Å². The predicted octanol–water partition coefficient (Wildman–Crippen LogP) is 3.77. The molecule has 0 saturated heterocycles. The van der Waals surface area contributed by atoms with Crippen LogP contribution in [0.2, 0.25) is 0 Å². The quantitative estimate of drug-likeness (QED) is 0.749. The molecule has 0 spiro atoms. The largest absolute Gasteiger partial charge is 0.493 e. The number of aromatic nitrogens is 2. The molecule has 0 radical (unpaired) electrons. The number of hydrogen-bond donors (Lipinski definition) is 1. The zero-order valence-electron chi connectivity index (χ0n) is 15.4. The van der Waals surface area contributed by atoms with Gasteiger partial charge in [0.1, 0.15) is 5.82 Å². The van der Waals surface area contributed by atoms with Crippen LogP contribution < -0.4 is 14.8 Å². The standard InChI is InChI=1S/C21H21N3O3/c1-26-18-10-7-15(12-19(18)27-2)21(25)23-16-8-5-14(6-9-16)17-13-22-20-4-3-11-24(17)20/h5-10,12-13H,3-4,11H2,1-2H3,(H,23,25). The molecule has 0 saturated carbocycles. The van der Waals surface area contributed by atoms with Crippen LogP contribution in [0.5, 0.6) is 11.5 Å². The molecule has 2 aromatic carbocycles. The zero-order valence-corrected chi connectivity index (χ0v) is 15.4. The lowest BCUT2D eigenvalue weighted by Gasteiger charge is -2.11. The Morgan fingerprint density at radius 1 is 1.07 bits per heavy atom. The summed E-state index contributed by atoms with van der Waals surface area (Å²) in [6, 6.07) is 12.9. The maximum absolute atomic E-state index is 12.5. The Hall–Kier alpha value is -3.28. The fourth-order valence-electron chi connectivity index (χ4n) is 3.39. The van der Waals surface area contributed by atoms with Gasteiger partial charge in [0.05, 0.1) is 26.1 Å². The molecule has 1 aliphatic heterocycles. The fourth-order valence-corrected chi connectivity index (χ4v) is 3.39. The number of imidazole rings is 1. The average molecular weight is 363 g/mol. The number of rotatable bonds is 5. The number of methoxy groups -OCH3 is 2. The second-order valence-electron chi connectivity index (χ2n) is 6.42. The van der Waals surface area contributed by atoms with Crippen LogP contribution in [0.1, 0.15) is 22.6 Å². The van der Waals surface area contributed by atoms with E-state index < -0.39 is 0 Å². The Balaban J connectivity index is 1.50. The van der Waals surface area contributed by atoms with Gasteiger partial charge in [0.25, 0.3) is 5.91 Å². The van der Waals surface area contributed by atoms with Gasteiger partial charge < -0.3 is 19.4 Å². The normalized spacial score (nSPS) is 12.5. The highest BCUT2D eigenvalue weighted by Gasteiger charge is 2.16. The molecule has 6 nitrogen and oxygen atoms in total. The number of fused-ring (bicyclic) bond motifs is 1. The lowest BCUT2D eigenvalue weighted by Crippen LogP contribution is -2.12. The van der Waals surface area contributed by atoms with E-state index in [9.17, 15) is 4.79 Å². The summed E-state index contributed by atoms with van der Waals surface area (Å²) in [5.41, 5.74) is 3.46. The third-order valence-corrected chi connectivity index (χ3v) is 4.80. The van der Waals surface area contributed by atoms with Crippen molar-refractivity contribution in [3.05, 3.63) is 60.0 Å². The number of benzene rings is 2. The number of hydrogen-bond acceptors (Lipinski definition) is 4. The van der Waals surface area contributed by atoms with E-state index in [1.54, 1.807) is 32.4 Å². The molecule has 1 amide bonds. The summed E-state index contributed by atoms with van der Waals surface area (Å²) in [5.74, 6) is 2.06. The van der Waals surface area contributed by atoms with Gasteiger partial charge in [0.15, 0.2) is 11.5 Å². The molecule has 3 aromatic rings. The van der Waals surface area contributed by atoms with Crippen LogP contribution in [-0.2, 0) is 13.0 Å². The van der Waals surface area contributed by atoms with E-state index in [2.05, 4.69) is 14.9 Å². The van der Waals surface area contributed by atoms with Crippen molar-refractivity contribution in [1.82, 2.24) is 9.55 Å². The molecule has 138 valence electrons.